The molecule has 1 amide bonds. The van der Waals surface area contributed by atoms with Gasteiger partial charge in [-0.1, -0.05) is 6.92 Å². The first-order valence-electron chi connectivity index (χ1n) is 5.26. The third kappa shape index (κ3) is 4.28. The van der Waals surface area contributed by atoms with Gasteiger partial charge in [-0.15, -0.1) is 0 Å². The number of nitrogens with zero attached hydrogens (tertiary/aromatic N) is 1. The molecule has 88 valence electrons. The maximum absolute atomic E-state index is 11.5. The SMILES string of the molecule is CCNCCC(=O)Nc1cnc(Br)c(C)c1. The maximum atomic E-state index is 11.5. The third-order valence-electron chi connectivity index (χ3n) is 2.08. The van der Waals surface area contributed by atoms with Crippen molar-refractivity contribution in [2.45, 2.75) is 20.3 Å². The highest BCUT2D eigenvalue weighted by molar-refractivity contribution is 9.10. The first-order valence-corrected chi connectivity index (χ1v) is 6.05. The number of rotatable bonds is 5. The number of amides is 1. The zero-order valence-corrected chi connectivity index (χ0v) is 11.1. The summed E-state index contributed by atoms with van der Waals surface area (Å²) in [5.41, 5.74) is 1.74. The molecule has 0 aliphatic carbocycles. The number of hydrogen-bond acceptors (Lipinski definition) is 3. The first kappa shape index (κ1) is 13.1. The van der Waals surface area contributed by atoms with E-state index in [1.165, 1.54) is 0 Å². The number of aromatic nitrogens is 1. The van der Waals surface area contributed by atoms with Crippen LogP contribution in [0.25, 0.3) is 0 Å². The molecule has 16 heavy (non-hydrogen) atoms. The summed E-state index contributed by atoms with van der Waals surface area (Å²) < 4.78 is 0.804. The predicted octanol–water partition coefficient (Wildman–Crippen LogP) is 2.09. The largest absolute Gasteiger partial charge is 0.325 e. The fourth-order valence-corrected chi connectivity index (χ4v) is 1.45. The Kier molecular flexibility index (Phi) is 5.42. The van der Waals surface area contributed by atoms with Gasteiger partial charge in [-0.2, -0.15) is 0 Å². The first-order chi connectivity index (χ1) is 7.63. The summed E-state index contributed by atoms with van der Waals surface area (Å²) in [6.07, 6.45) is 2.12. The highest BCUT2D eigenvalue weighted by Gasteiger charge is 2.03. The van der Waals surface area contributed by atoms with Gasteiger partial charge in [0.05, 0.1) is 11.9 Å². The number of nitrogens with one attached hydrogen (secondary N) is 2. The molecule has 0 fully saturated rings. The summed E-state index contributed by atoms with van der Waals surface area (Å²) in [5.74, 6) is 0.00414. The quantitative estimate of drug-likeness (QED) is 0.643. The molecular formula is C11H16BrN3O. The van der Waals surface area contributed by atoms with Gasteiger partial charge in [0.15, 0.2) is 0 Å². The van der Waals surface area contributed by atoms with E-state index in [-0.39, 0.29) is 5.91 Å². The van der Waals surface area contributed by atoms with Crippen LogP contribution in [-0.4, -0.2) is 24.0 Å². The number of anilines is 1. The van der Waals surface area contributed by atoms with E-state index < -0.39 is 0 Å². The molecule has 0 saturated carbocycles. The average molecular weight is 286 g/mol. The molecule has 0 aliphatic heterocycles. The van der Waals surface area contributed by atoms with E-state index in [1.807, 2.05) is 19.9 Å². The van der Waals surface area contributed by atoms with E-state index in [2.05, 4.69) is 31.5 Å². The maximum Gasteiger partial charge on any atom is 0.225 e. The number of aryl methyl sites for hydroxylation is 1. The lowest BCUT2D eigenvalue weighted by atomic mass is 10.3. The van der Waals surface area contributed by atoms with E-state index in [1.54, 1.807) is 6.20 Å². The van der Waals surface area contributed by atoms with Crippen molar-refractivity contribution in [3.05, 3.63) is 22.4 Å². The standard InChI is InChI=1S/C11H16BrN3O/c1-3-13-5-4-10(16)15-9-6-8(2)11(12)14-7-9/h6-7,13H,3-5H2,1-2H3,(H,15,16). The molecule has 1 heterocycles. The minimum atomic E-state index is 0.00414. The minimum absolute atomic E-state index is 0.00414. The van der Waals surface area contributed by atoms with Crippen LogP contribution in [0.15, 0.2) is 16.9 Å². The number of hydrogen-bond donors (Lipinski definition) is 2. The van der Waals surface area contributed by atoms with Crippen molar-refractivity contribution in [1.29, 1.82) is 0 Å². The highest BCUT2D eigenvalue weighted by atomic mass is 79.9. The molecule has 0 atom stereocenters. The van der Waals surface area contributed by atoms with Gasteiger partial charge in [-0.05, 0) is 41.0 Å². The van der Waals surface area contributed by atoms with Gasteiger partial charge in [-0.25, -0.2) is 4.98 Å². The van der Waals surface area contributed by atoms with Gasteiger partial charge < -0.3 is 10.6 Å². The molecule has 1 aromatic heterocycles. The van der Waals surface area contributed by atoms with Gasteiger partial charge in [0.1, 0.15) is 4.60 Å². The molecule has 0 saturated heterocycles. The molecule has 0 bridgehead atoms. The molecule has 0 aromatic carbocycles. The minimum Gasteiger partial charge on any atom is -0.325 e. The fourth-order valence-electron chi connectivity index (χ4n) is 1.23. The zero-order valence-electron chi connectivity index (χ0n) is 9.51. The van der Waals surface area contributed by atoms with Crippen molar-refractivity contribution >= 4 is 27.5 Å². The van der Waals surface area contributed by atoms with Crippen LogP contribution in [0, 0.1) is 6.92 Å². The van der Waals surface area contributed by atoms with E-state index >= 15 is 0 Å². The highest BCUT2D eigenvalue weighted by Crippen LogP contribution is 2.16. The summed E-state index contributed by atoms with van der Waals surface area (Å²) in [4.78, 5) is 15.6. The fraction of sp³-hybridized carbons (Fsp3) is 0.455. The summed E-state index contributed by atoms with van der Waals surface area (Å²) in [5, 5.41) is 5.91. The van der Waals surface area contributed by atoms with Crippen LogP contribution in [0.3, 0.4) is 0 Å². The van der Waals surface area contributed by atoms with Crippen molar-refractivity contribution in [3.8, 4) is 0 Å². The van der Waals surface area contributed by atoms with E-state index in [0.717, 1.165) is 22.4 Å². The average Bonchev–Trinajstić information content (AvgIpc) is 2.24. The Labute approximate surface area is 104 Å². The van der Waals surface area contributed by atoms with Crippen molar-refractivity contribution in [2.24, 2.45) is 0 Å². The lowest BCUT2D eigenvalue weighted by Crippen LogP contribution is -2.21. The second kappa shape index (κ2) is 6.60. The molecular weight excluding hydrogens is 270 g/mol. The Morgan fingerprint density at radius 1 is 1.56 bits per heavy atom. The molecule has 0 radical (unpaired) electrons. The van der Waals surface area contributed by atoms with Gasteiger partial charge in [-0.3, -0.25) is 4.79 Å². The summed E-state index contributed by atoms with van der Waals surface area (Å²) in [6, 6.07) is 1.89. The van der Waals surface area contributed by atoms with Crippen LogP contribution >= 0.6 is 15.9 Å². The van der Waals surface area contributed by atoms with Crippen LogP contribution in [-0.2, 0) is 4.79 Å². The molecule has 1 aromatic rings. The van der Waals surface area contributed by atoms with Crippen LogP contribution in [0.4, 0.5) is 5.69 Å². The Bertz CT molecular complexity index is 368. The van der Waals surface area contributed by atoms with E-state index in [4.69, 9.17) is 0 Å². The molecule has 0 aliphatic rings. The Hall–Kier alpha value is -0.940. The molecule has 0 spiro atoms. The molecule has 5 heteroatoms. The van der Waals surface area contributed by atoms with Gasteiger partial charge >= 0.3 is 0 Å². The van der Waals surface area contributed by atoms with Crippen LogP contribution < -0.4 is 10.6 Å². The van der Waals surface area contributed by atoms with Crippen molar-refractivity contribution in [1.82, 2.24) is 10.3 Å². The summed E-state index contributed by atoms with van der Waals surface area (Å²) >= 11 is 3.31. The second-order valence-electron chi connectivity index (χ2n) is 3.48. The van der Waals surface area contributed by atoms with Crippen LogP contribution in [0.2, 0.25) is 0 Å². The predicted molar refractivity (Wildman–Crippen MR) is 68.5 cm³/mol. The summed E-state index contributed by atoms with van der Waals surface area (Å²) in [7, 11) is 0. The normalized spacial score (nSPS) is 10.2. The number of pyridine rings is 1. The lowest BCUT2D eigenvalue weighted by molar-refractivity contribution is -0.116. The molecule has 2 N–H and O–H groups in total. The number of halogens is 1. The Morgan fingerprint density at radius 3 is 2.94 bits per heavy atom. The number of carbonyl (C=O) groups is 1. The van der Waals surface area contributed by atoms with Crippen molar-refractivity contribution in [2.75, 3.05) is 18.4 Å². The van der Waals surface area contributed by atoms with E-state index in [0.29, 0.717) is 13.0 Å². The molecule has 1 rings (SSSR count). The van der Waals surface area contributed by atoms with Gasteiger partial charge in [0, 0.05) is 13.0 Å². The monoisotopic (exact) mass is 285 g/mol. The van der Waals surface area contributed by atoms with Crippen LogP contribution in [0.1, 0.15) is 18.9 Å². The zero-order chi connectivity index (χ0) is 12.0. The van der Waals surface area contributed by atoms with Crippen molar-refractivity contribution in [3.63, 3.8) is 0 Å². The molecule has 4 nitrogen and oxygen atoms in total. The van der Waals surface area contributed by atoms with Crippen molar-refractivity contribution < 1.29 is 4.79 Å². The Balaban J connectivity index is 2.46. The smallest absolute Gasteiger partial charge is 0.225 e. The summed E-state index contributed by atoms with van der Waals surface area (Å²) in [6.45, 7) is 5.53. The topological polar surface area (TPSA) is 54.0 Å². The van der Waals surface area contributed by atoms with Crippen LogP contribution in [0.5, 0.6) is 0 Å². The molecule has 0 unspecified atom stereocenters. The second-order valence-corrected chi connectivity index (χ2v) is 4.23. The number of carbonyl (C=O) groups excluding carboxylic acids is 1. The van der Waals surface area contributed by atoms with Gasteiger partial charge in [0.25, 0.3) is 0 Å². The van der Waals surface area contributed by atoms with E-state index in [9.17, 15) is 4.79 Å². The lowest BCUT2D eigenvalue weighted by Gasteiger charge is -2.06. The van der Waals surface area contributed by atoms with Gasteiger partial charge in [0.2, 0.25) is 5.91 Å². The third-order valence-corrected chi connectivity index (χ3v) is 2.91. The Morgan fingerprint density at radius 2 is 2.31 bits per heavy atom.